The summed E-state index contributed by atoms with van der Waals surface area (Å²) < 4.78 is 11.5. The molecular formula is C26H22N2O5. The summed E-state index contributed by atoms with van der Waals surface area (Å²) in [4.78, 5) is 30.3. The molecule has 1 aromatic heterocycles. The molecule has 0 N–H and O–H groups in total. The molecule has 4 rings (SSSR count). The molecule has 0 unspecified atom stereocenters. The summed E-state index contributed by atoms with van der Waals surface area (Å²) in [7, 11) is 0. The van der Waals surface area contributed by atoms with Gasteiger partial charge in [0.15, 0.2) is 5.69 Å². The Bertz CT molecular complexity index is 1340. The van der Waals surface area contributed by atoms with E-state index in [2.05, 4.69) is 4.98 Å². The van der Waals surface area contributed by atoms with E-state index >= 15 is 0 Å². The number of rotatable bonds is 7. The van der Waals surface area contributed by atoms with E-state index in [9.17, 15) is 14.8 Å². The Hall–Kier alpha value is -4.26. The van der Waals surface area contributed by atoms with E-state index in [1.54, 1.807) is 66.7 Å². The Balaban J connectivity index is 1.77. The number of carbonyl (C=O) groups is 2. The summed E-state index contributed by atoms with van der Waals surface area (Å²) in [5.74, 6) is -0.584. The number of esters is 1. The van der Waals surface area contributed by atoms with Gasteiger partial charge in [0.1, 0.15) is 17.9 Å². The number of fused-ring (bicyclic) bond motifs is 1. The van der Waals surface area contributed by atoms with Crippen molar-refractivity contribution in [2.45, 2.75) is 20.5 Å². The zero-order valence-electron chi connectivity index (χ0n) is 18.3. The van der Waals surface area contributed by atoms with Crippen molar-refractivity contribution in [1.29, 1.82) is 0 Å². The monoisotopic (exact) mass is 442 g/mol. The molecule has 0 saturated carbocycles. The molecule has 166 valence electrons. The first-order valence-corrected chi connectivity index (χ1v) is 10.5. The third-order valence-electron chi connectivity index (χ3n) is 5.05. The van der Waals surface area contributed by atoms with Crippen LogP contribution in [-0.2, 0) is 11.3 Å². The predicted molar refractivity (Wildman–Crippen MR) is 122 cm³/mol. The molecule has 0 aliphatic heterocycles. The molecule has 3 aromatic carbocycles. The first-order chi connectivity index (χ1) is 16.0. The Morgan fingerprint density at radius 3 is 2.45 bits per heavy atom. The van der Waals surface area contributed by atoms with Crippen LogP contribution in [0.2, 0.25) is 0 Å². The molecule has 0 atom stereocenters. The third-order valence-corrected chi connectivity index (χ3v) is 5.05. The lowest BCUT2D eigenvalue weighted by Gasteiger charge is -2.13. The molecule has 0 saturated heterocycles. The second-order valence-corrected chi connectivity index (χ2v) is 7.43. The fourth-order valence-corrected chi connectivity index (χ4v) is 3.49. The summed E-state index contributed by atoms with van der Waals surface area (Å²) in [6.07, 6.45) is 0. The normalized spacial score (nSPS) is 10.7. The van der Waals surface area contributed by atoms with Crippen LogP contribution in [-0.4, -0.2) is 23.3 Å². The third kappa shape index (κ3) is 4.67. The van der Waals surface area contributed by atoms with E-state index in [0.717, 1.165) is 5.56 Å². The molecule has 0 radical (unpaired) electrons. The molecule has 0 amide bonds. The molecule has 7 heteroatoms. The van der Waals surface area contributed by atoms with Crippen molar-refractivity contribution in [3.05, 3.63) is 106 Å². The Morgan fingerprint density at radius 2 is 1.73 bits per heavy atom. The SMILES string of the molecule is CCOc1ccc2nc(COC(=O)c3cccc(C)c3)c(C(=O)c3ccccc3)[n+]([O-])c2c1. The van der Waals surface area contributed by atoms with Crippen LogP contribution in [0.15, 0.2) is 72.8 Å². The molecular weight excluding hydrogens is 420 g/mol. The van der Waals surface area contributed by atoms with Gasteiger partial charge in [0.05, 0.1) is 18.2 Å². The minimum Gasteiger partial charge on any atom is -0.618 e. The van der Waals surface area contributed by atoms with E-state index < -0.39 is 11.8 Å². The van der Waals surface area contributed by atoms with Crippen molar-refractivity contribution in [2.75, 3.05) is 6.61 Å². The number of carbonyl (C=O) groups excluding carboxylic acids is 2. The van der Waals surface area contributed by atoms with Crippen molar-refractivity contribution in [1.82, 2.24) is 4.98 Å². The second kappa shape index (κ2) is 9.48. The van der Waals surface area contributed by atoms with Gasteiger partial charge < -0.3 is 14.7 Å². The van der Waals surface area contributed by atoms with Crippen LogP contribution in [0.4, 0.5) is 0 Å². The highest BCUT2D eigenvalue weighted by Gasteiger charge is 2.28. The fraction of sp³-hybridized carbons (Fsp3) is 0.154. The molecule has 4 aromatic rings. The molecule has 0 spiro atoms. The standard InChI is InChI=1S/C26H22N2O5/c1-3-32-20-12-13-21-23(15-20)28(31)24(25(29)18-9-5-4-6-10-18)22(27-21)16-33-26(30)19-11-7-8-17(2)14-19/h4-15H,3,16H2,1-2H3. The first-order valence-electron chi connectivity index (χ1n) is 10.5. The fourth-order valence-electron chi connectivity index (χ4n) is 3.49. The Morgan fingerprint density at radius 1 is 0.970 bits per heavy atom. The molecule has 33 heavy (non-hydrogen) atoms. The predicted octanol–water partition coefficient (Wildman–Crippen LogP) is 4.16. The van der Waals surface area contributed by atoms with Gasteiger partial charge in [-0.2, -0.15) is 4.73 Å². The van der Waals surface area contributed by atoms with Gasteiger partial charge >= 0.3 is 5.97 Å². The van der Waals surface area contributed by atoms with Crippen LogP contribution >= 0.6 is 0 Å². The summed E-state index contributed by atoms with van der Waals surface area (Å²) in [6, 6.07) is 20.3. The van der Waals surface area contributed by atoms with Crippen LogP contribution in [0.1, 0.15) is 44.6 Å². The van der Waals surface area contributed by atoms with Gasteiger partial charge in [-0.25, -0.2) is 9.78 Å². The van der Waals surface area contributed by atoms with Crippen LogP contribution in [0, 0.1) is 12.1 Å². The smallest absolute Gasteiger partial charge is 0.338 e. The van der Waals surface area contributed by atoms with Gasteiger partial charge in [0, 0.05) is 5.56 Å². The lowest BCUT2D eigenvalue weighted by atomic mass is 10.1. The summed E-state index contributed by atoms with van der Waals surface area (Å²) in [6.45, 7) is 3.81. The summed E-state index contributed by atoms with van der Waals surface area (Å²) in [5, 5.41) is 13.3. The van der Waals surface area contributed by atoms with Gasteiger partial charge in [-0.05, 0) is 38.1 Å². The topological polar surface area (TPSA) is 92.4 Å². The average Bonchev–Trinajstić information content (AvgIpc) is 2.83. The van der Waals surface area contributed by atoms with Crippen LogP contribution in [0.5, 0.6) is 5.75 Å². The van der Waals surface area contributed by atoms with Gasteiger partial charge in [-0.15, -0.1) is 0 Å². The molecule has 1 heterocycles. The molecule has 0 aliphatic carbocycles. The molecule has 0 bridgehead atoms. The van der Waals surface area contributed by atoms with Crippen LogP contribution in [0.3, 0.4) is 0 Å². The van der Waals surface area contributed by atoms with E-state index in [1.807, 2.05) is 19.9 Å². The number of aryl methyl sites for hydroxylation is 1. The first kappa shape index (κ1) is 22.0. The van der Waals surface area contributed by atoms with Crippen molar-refractivity contribution in [2.24, 2.45) is 0 Å². The lowest BCUT2D eigenvalue weighted by Crippen LogP contribution is -2.38. The number of hydrogen-bond acceptors (Lipinski definition) is 6. The number of ketones is 1. The Labute approximate surface area is 190 Å². The maximum absolute atomic E-state index is 13.3. The van der Waals surface area contributed by atoms with Gasteiger partial charge in [0.2, 0.25) is 5.52 Å². The summed E-state index contributed by atoms with van der Waals surface area (Å²) >= 11 is 0. The maximum Gasteiger partial charge on any atom is 0.338 e. The highest BCUT2D eigenvalue weighted by molar-refractivity contribution is 6.07. The van der Waals surface area contributed by atoms with E-state index in [1.165, 1.54) is 0 Å². The molecule has 0 aliphatic rings. The van der Waals surface area contributed by atoms with E-state index in [4.69, 9.17) is 9.47 Å². The Kier molecular flexibility index (Phi) is 6.31. The zero-order chi connectivity index (χ0) is 23.4. The highest BCUT2D eigenvalue weighted by atomic mass is 16.5. The zero-order valence-corrected chi connectivity index (χ0v) is 18.3. The van der Waals surface area contributed by atoms with Gasteiger partial charge in [-0.1, -0.05) is 48.0 Å². The number of benzene rings is 3. The number of aromatic nitrogens is 2. The van der Waals surface area contributed by atoms with E-state index in [0.29, 0.717) is 33.7 Å². The lowest BCUT2D eigenvalue weighted by molar-refractivity contribution is -0.580. The van der Waals surface area contributed by atoms with Crippen molar-refractivity contribution in [3.8, 4) is 5.75 Å². The van der Waals surface area contributed by atoms with Crippen molar-refractivity contribution >= 4 is 22.8 Å². The summed E-state index contributed by atoms with van der Waals surface area (Å²) in [5.41, 5.74) is 2.05. The quantitative estimate of drug-likeness (QED) is 0.185. The number of hydrogen-bond donors (Lipinski definition) is 0. The van der Waals surface area contributed by atoms with Gasteiger partial charge in [-0.3, -0.25) is 4.79 Å². The van der Waals surface area contributed by atoms with Crippen LogP contribution in [0.25, 0.3) is 11.0 Å². The van der Waals surface area contributed by atoms with Crippen molar-refractivity contribution in [3.63, 3.8) is 0 Å². The molecule has 7 nitrogen and oxygen atoms in total. The highest BCUT2D eigenvalue weighted by Crippen LogP contribution is 2.21. The molecule has 0 fully saturated rings. The van der Waals surface area contributed by atoms with Crippen molar-refractivity contribution < 1.29 is 23.8 Å². The number of ether oxygens (including phenoxy) is 2. The van der Waals surface area contributed by atoms with E-state index in [-0.39, 0.29) is 23.5 Å². The van der Waals surface area contributed by atoms with Crippen LogP contribution < -0.4 is 9.47 Å². The number of nitrogens with zero attached hydrogens (tertiary/aromatic N) is 2. The second-order valence-electron chi connectivity index (χ2n) is 7.43. The van der Waals surface area contributed by atoms with Gasteiger partial charge in [0.25, 0.3) is 11.5 Å². The largest absolute Gasteiger partial charge is 0.618 e. The minimum absolute atomic E-state index is 0.0801. The average molecular weight is 442 g/mol. The maximum atomic E-state index is 13.3. The minimum atomic E-state index is -0.567.